The Morgan fingerprint density at radius 3 is 2.74 bits per heavy atom. The van der Waals surface area contributed by atoms with Gasteiger partial charge in [-0.05, 0) is 12.1 Å². The zero-order valence-electron chi connectivity index (χ0n) is 14.8. The molecular formula is C18H21ClN4O4. The number of hydrogen-bond acceptors (Lipinski definition) is 6. The molecule has 1 heterocycles. The number of nitrogens with two attached hydrogens (primary N) is 1. The first-order valence-electron chi connectivity index (χ1n) is 8.22. The van der Waals surface area contributed by atoms with Gasteiger partial charge in [0.25, 0.3) is 11.6 Å². The van der Waals surface area contributed by atoms with Gasteiger partial charge in [-0.3, -0.25) is 14.9 Å². The molecule has 1 saturated heterocycles. The molecule has 0 bridgehead atoms. The van der Waals surface area contributed by atoms with Crippen LogP contribution in [0.15, 0.2) is 42.5 Å². The fraction of sp³-hybridized carbons (Fsp3) is 0.278. The van der Waals surface area contributed by atoms with Crippen molar-refractivity contribution in [1.82, 2.24) is 10.2 Å². The Morgan fingerprint density at radius 1 is 1.30 bits per heavy atom. The number of benzene rings is 2. The lowest BCUT2D eigenvalue weighted by atomic mass is 10.00. The van der Waals surface area contributed by atoms with Crippen molar-refractivity contribution >= 4 is 29.7 Å². The van der Waals surface area contributed by atoms with Crippen molar-refractivity contribution in [2.24, 2.45) is 0 Å². The van der Waals surface area contributed by atoms with Crippen LogP contribution in [0.5, 0.6) is 5.75 Å². The number of carbonyl (C=O) groups excluding carboxylic acids is 1. The van der Waals surface area contributed by atoms with Crippen molar-refractivity contribution in [3.63, 3.8) is 0 Å². The molecular weight excluding hydrogens is 372 g/mol. The van der Waals surface area contributed by atoms with Gasteiger partial charge in [0.15, 0.2) is 0 Å². The summed E-state index contributed by atoms with van der Waals surface area (Å²) >= 11 is 0. The quantitative estimate of drug-likeness (QED) is 0.469. The summed E-state index contributed by atoms with van der Waals surface area (Å²) in [5.74, 6) is 0.356. The summed E-state index contributed by atoms with van der Waals surface area (Å²) in [6.07, 6.45) is 0. The molecule has 2 aromatic carbocycles. The Kier molecular flexibility index (Phi) is 6.59. The predicted octanol–water partition coefficient (Wildman–Crippen LogP) is 2.39. The van der Waals surface area contributed by atoms with Gasteiger partial charge in [-0.15, -0.1) is 12.4 Å². The molecule has 1 aliphatic heterocycles. The van der Waals surface area contributed by atoms with Crippen LogP contribution in [0.4, 0.5) is 11.4 Å². The van der Waals surface area contributed by atoms with Crippen LogP contribution in [0.1, 0.15) is 22.0 Å². The van der Waals surface area contributed by atoms with Crippen molar-refractivity contribution < 1.29 is 14.5 Å². The van der Waals surface area contributed by atoms with E-state index in [0.29, 0.717) is 25.4 Å². The Hall–Kier alpha value is -2.84. The second-order valence-electron chi connectivity index (χ2n) is 5.96. The fourth-order valence-electron chi connectivity index (χ4n) is 3.22. The van der Waals surface area contributed by atoms with Crippen LogP contribution >= 0.6 is 12.4 Å². The average molecular weight is 393 g/mol. The molecule has 1 unspecified atom stereocenters. The van der Waals surface area contributed by atoms with E-state index in [9.17, 15) is 14.9 Å². The van der Waals surface area contributed by atoms with Crippen molar-refractivity contribution in [1.29, 1.82) is 0 Å². The van der Waals surface area contributed by atoms with Crippen LogP contribution in [0.3, 0.4) is 0 Å². The Morgan fingerprint density at radius 2 is 2.04 bits per heavy atom. The molecule has 1 aliphatic rings. The first-order valence-corrected chi connectivity index (χ1v) is 8.22. The molecule has 0 aromatic heterocycles. The Bertz CT molecular complexity index is 846. The van der Waals surface area contributed by atoms with E-state index in [0.717, 1.165) is 5.56 Å². The first-order chi connectivity index (χ1) is 12.5. The standard InChI is InChI=1S/C18H20N4O4.ClH/c1-26-16-8-3-2-5-12(16)15-11-20-9-10-21(15)18(23)13-6-4-7-14(17(13)19)22(24)25;/h2-8,15,20H,9-11,19H2,1H3;1H. The summed E-state index contributed by atoms with van der Waals surface area (Å²) in [6.45, 7) is 1.65. The third kappa shape index (κ3) is 3.96. The lowest BCUT2D eigenvalue weighted by Crippen LogP contribution is -2.48. The van der Waals surface area contributed by atoms with Gasteiger partial charge in [0.1, 0.15) is 11.4 Å². The number of ether oxygens (including phenoxy) is 1. The molecule has 8 nitrogen and oxygen atoms in total. The number of nitro groups is 1. The zero-order chi connectivity index (χ0) is 18.7. The number of amides is 1. The van der Waals surface area contributed by atoms with Crippen molar-refractivity contribution in [2.75, 3.05) is 32.5 Å². The monoisotopic (exact) mass is 392 g/mol. The van der Waals surface area contributed by atoms with E-state index in [4.69, 9.17) is 10.5 Å². The molecule has 1 amide bonds. The summed E-state index contributed by atoms with van der Waals surface area (Å²) in [4.78, 5) is 25.4. The summed E-state index contributed by atoms with van der Waals surface area (Å²) < 4.78 is 5.43. The number of nitrogen functional groups attached to an aromatic ring is 1. The highest BCUT2D eigenvalue weighted by atomic mass is 35.5. The Labute approximate surface area is 162 Å². The number of hydrogen-bond donors (Lipinski definition) is 2. The van der Waals surface area contributed by atoms with E-state index >= 15 is 0 Å². The zero-order valence-corrected chi connectivity index (χ0v) is 15.6. The lowest BCUT2D eigenvalue weighted by Gasteiger charge is -2.37. The van der Waals surface area contributed by atoms with Crippen LogP contribution in [-0.2, 0) is 0 Å². The molecule has 2 aromatic rings. The lowest BCUT2D eigenvalue weighted by molar-refractivity contribution is -0.383. The molecule has 0 radical (unpaired) electrons. The van der Waals surface area contributed by atoms with E-state index in [-0.39, 0.29) is 41.3 Å². The Balaban J connectivity index is 0.00000261. The number of nitrogens with one attached hydrogen (secondary N) is 1. The van der Waals surface area contributed by atoms with Gasteiger partial charge in [0.05, 0.1) is 23.6 Å². The molecule has 0 saturated carbocycles. The number of piperazine rings is 1. The van der Waals surface area contributed by atoms with Crippen LogP contribution in [0.25, 0.3) is 0 Å². The van der Waals surface area contributed by atoms with E-state index in [1.54, 1.807) is 12.0 Å². The van der Waals surface area contributed by atoms with Gasteiger partial charge in [-0.25, -0.2) is 0 Å². The molecule has 1 atom stereocenters. The highest BCUT2D eigenvalue weighted by Crippen LogP contribution is 2.33. The molecule has 9 heteroatoms. The smallest absolute Gasteiger partial charge is 0.292 e. The number of methoxy groups -OCH3 is 1. The molecule has 3 rings (SSSR count). The SMILES string of the molecule is COc1ccccc1C1CNCCN1C(=O)c1cccc([N+](=O)[O-])c1N.Cl. The minimum absolute atomic E-state index is 0. The fourth-order valence-corrected chi connectivity index (χ4v) is 3.22. The van der Waals surface area contributed by atoms with Gasteiger partial charge in [-0.2, -0.15) is 0 Å². The number of para-hydroxylation sites is 2. The van der Waals surface area contributed by atoms with Gasteiger partial charge in [0.2, 0.25) is 0 Å². The van der Waals surface area contributed by atoms with Crippen molar-refractivity contribution in [3.8, 4) is 5.75 Å². The molecule has 144 valence electrons. The van der Waals surface area contributed by atoms with E-state index in [1.165, 1.54) is 18.2 Å². The highest BCUT2D eigenvalue weighted by molar-refractivity contribution is 6.01. The van der Waals surface area contributed by atoms with Crippen LogP contribution in [0.2, 0.25) is 0 Å². The second kappa shape index (κ2) is 8.70. The molecule has 0 aliphatic carbocycles. The summed E-state index contributed by atoms with van der Waals surface area (Å²) in [7, 11) is 1.58. The predicted molar refractivity (Wildman–Crippen MR) is 104 cm³/mol. The summed E-state index contributed by atoms with van der Waals surface area (Å²) in [5, 5.41) is 14.4. The van der Waals surface area contributed by atoms with Crippen LogP contribution in [0, 0.1) is 10.1 Å². The summed E-state index contributed by atoms with van der Waals surface area (Å²) in [6, 6.07) is 11.5. The molecule has 1 fully saturated rings. The minimum Gasteiger partial charge on any atom is -0.496 e. The topological polar surface area (TPSA) is 111 Å². The number of anilines is 1. The maximum Gasteiger partial charge on any atom is 0.292 e. The largest absolute Gasteiger partial charge is 0.496 e. The van der Waals surface area contributed by atoms with Crippen LogP contribution in [-0.4, -0.2) is 42.5 Å². The number of carbonyl (C=O) groups is 1. The second-order valence-corrected chi connectivity index (χ2v) is 5.96. The number of halogens is 1. The van der Waals surface area contributed by atoms with E-state index in [2.05, 4.69) is 5.32 Å². The minimum atomic E-state index is -0.582. The van der Waals surface area contributed by atoms with Crippen molar-refractivity contribution in [2.45, 2.75) is 6.04 Å². The van der Waals surface area contributed by atoms with Crippen LogP contribution < -0.4 is 15.8 Å². The highest BCUT2D eigenvalue weighted by Gasteiger charge is 2.32. The molecule has 3 N–H and O–H groups in total. The normalized spacial score (nSPS) is 16.3. The maximum atomic E-state index is 13.1. The van der Waals surface area contributed by atoms with Gasteiger partial charge >= 0.3 is 0 Å². The van der Waals surface area contributed by atoms with Crippen molar-refractivity contribution in [3.05, 3.63) is 63.7 Å². The average Bonchev–Trinajstić information content (AvgIpc) is 2.67. The van der Waals surface area contributed by atoms with Gasteiger partial charge < -0.3 is 20.7 Å². The number of rotatable bonds is 4. The summed E-state index contributed by atoms with van der Waals surface area (Å²) in [5.41, 5.74) is 6.54. The maximum absolute atomic E-state index is 13.1. The molecule has 27 heavy (non-hydrogen) atoms. The van der Waals surface area contributed by atoms with E-state index in [1.807, 2.05) is 24.3 Å². The molecule has 0 spiro atoms. The number of nitro benzene ring substituents is 1. The van der Waals surface area contributed by atoms with Gasteiger partial charge in [-0.1, -0.05) is 24.3 Å². The number of nitrogens with zero attached hydrogens (tertiary/aromatic N) is 2. The third-order valence-electron chi connectivity index (χ3n) is 4.51. The van der Waals surface area contributed by atoms with Gasteiger partial charge in [0, 0.05) is 31.3 Å². The van der Waals surface area contributed by atoms with E-state index < -0.39 is 4.92 Å². The first kappa shape index (κ1) is 20.5. The third-order valence-corrected chi connectivity index (χ3v) is 4.51.